The fraction of sp³-hybridized carbons (Fsp3) is 0.143. The molecule has 0 N–H and O–H groups in total. The van der Waals surface area contributed by atoms with Crippen molar-refractivity contribution in [2.75, 3.05) is 0 Å². The molecule has 0 unspecified atom stereocenters. The fourth-order valence-corrected chi connectivity index (χ4v) is 5.20. The number of nitrogens with zero attached hydrogens (tertiary/aromatic N) is 6. The Labute approximate surface area is 211 Å². The molecule has 0 atom stereocenters. The number of fused-ring (bicyclic) bond motifs is 3. The van der Waals surface area contributed by atoms with Crippen LogP contribution in [0.4, 0.5) is 4.39 Å². The first kappa shape index (κ1) is 21.2. The zero-order chi connectivity index (χ0) is 24.2. The van der Waals surface area contributed by atoms with Crippen molar-refractivity contribution in [1.82, 2.24) is 28.9 Å². The Morgan fingerprint density at radius 2 is 1.83 bits per heavy atom. The van der Waals surface area contributed by atoms with Crippen molar-refractivity contribution in [2.24, 2.45) is 0 Å². The number of pyridine rings is 3. The van der Waals surface area contributed by atoms with Crippen LogP contribution in [0.1, 0.15) is 18.7 Å². The highest BCUT2D eigenvalue weighted by molar-refractivity contribution is 6.30. The third kappa shape index (κ3) is 3.38. The van der Waals surface area contributed by atoms with Gasteiger partial charge in [0.1, 0.15) is 23.0 Å². The van der Waals surface area contributed by atoms with E-state index in [2.05, 4.69) is 14.5 Å². The van der Waals surface area contributed by atoms with E-state index >= 15 is 0 Å². The summed E-state index contributed by atoms with van der Waals surface area (Å²) >= 11 is 6.23. The van der Waals surface area contributed by atoms with Crippen LogP contribution in [0.3, 0.4) is 0 Å². The summed E-state index contributed by atoms with van der Waals surface area (Å²) in [4.78, 5) is 19.0. The van der Waals surface area contributed by atoms with Crippen molar-refractivity contribution in [3.63, 3.8) is 0 Å². The fourth-order valence-electron chi connectivity index (χ4n) is 5.03. The Balaban J connectivity index is 1.43. The number of benzene rings is 1. The Morgan fingerprint density at radius 1 is 0.889 bits per heavy atom. The summed E-state index contributed by atoms with van der Waals surface area (Å²) < 4.78 is 19.1. The van der Waals surface area contributed by atoms with Crippen LogP contribution in [0.15, 0.2) is 73.2 Å². The van der Waals surface area contributed by atoms with E-state index in [0.717, 1.165) is 47.5 Å². The van der Waals surface area contributed by atoms with E-state index in [1.807, 2.05) is 59.4 Å². The highest BCUT2D eigenvalue weighted by Gasteiger charge is 2.21. The molecule has 0 saturated heterocycles. The zero-order valence-electron chi connectivity index (χ0n) is 19.2. The number of rotatable bonds is 3. The number of hydrogen-bond acceptors (Lipinski definition) is 4. The maximum Gasteiger partial charge on any atom is 0.137 e. The van der Waals surface area contributed by atoms with Crippen molar-refractivity contribution in [1.29, 1.82) is 0 Å². The molecule has 36 heavy (non-hydrogen) atoms. The highest BCUT2D eigenvalue weighted by Crippen LogP contribution is 2.35. The van der Waals surface area contributed by atoms with Gasteiger partial charge in [-0.15, -0.1) is 0 Å². The van der Waals surface area contributed by atoms with Gasteiger partial charge >= 0.3 is 0 Å². The zero-order valence-corrected chi connectivity index (χ0v) is 20.0. The molecular formula is C28H20ClFN6. The Morgan fingerprint density at radius 3 is 2.78 bits per heavy atom. The molecule has 1 aliphatic rings. The molecule has 0 spiro atoms. The lowest BCUT2D eigenvalue weighted by Gasteiger charge is -2.16. The van der Waals surface area contributed by atoms with Gasteiger partial charge in [-0.3, -0.25) is 9.38 Å². The van der Waals surface area contributed by atoms with Gasteiger partial charge in [0.25, 0.3) is 0 Å². The van der Waals surface area contributed by atoms with Crippen LogP contribution in [0, 0.1) is 5.82 Å². The van der Waals surface area contributed by atoms with E-state index in [0.29, 0.717) is 33.3 Å². The first-order valence-electron chi connectivity index (χ1n) is 11.9. The van der Waals surface area contributed by atoms with E-state index in [1.165, 1.54) is 18.6 Å². The van der Waals surface area contributed by atoms with Gasteiger partial charge in [-0.1, -0.05) is 17.7 Å². The molecule has 6 heterocycles. The van der Waals surface area contributed by atoms with Gasteiger partial charge in [0.2, 0.25) is 0 Å². The molecule has 5 aromatic heterocycles. The van der Waals surface area contributed by atoms with Crippen molar-refractivity contribution in [3.05, 3.63) is 89.9 Å². The summed E-state index contributed by atoms with van der Waals surface area (Å²) in [6.07, 6.45) is 9.04. The van der Waals surface area contributed by atoms with Crippen LogP contribution in [0.5, 0.6) is 0 Å². The maximum atomic E-state index is 14.9. The van der Waals surface area contributed by atoms with Crippen molar-refractivity contribution >= 4 is 28.3 Å². The van der Waals surface area contributed by atoms with E-state index in [-0.39, 0.29) is 5.82 Å². The molecule has 0 bridgehead atoms. The molecule has 176 valence electrons. The average Bonchev–Trinajstić information content (AvgIpc) is 3.51. The number of aromatic nitrogens is 6. The molecule has 0 amide bonds. The molecule has 1 aromatic carbocycles. The number of hydrogen-bond donors (Lipinski definition) is 0. The second-order valence-corrected chi connectivity index (χ2v) is 9.43. The summed E-state index contributed by atoms with van der Waals surface area (Å²) in [5, 5.41) is 0.443. The lowest BCUT2D eigenvalue weighted by Crippen LogP contribution is -2.11. The van der Waals surface area contributed by atoms with Gasteiger partial charge in [-0.05, 0) is 61.4 Å². The molecule has 0 radical (unpaired) electrons. The van der Waals surface area contributed by atoms with E-state index in [4.69, 9.17) is 21.6 Å². The largest absolute Gasteiger partial charge is 0.328 e. The minimum atomic E-state index is -0.390. The average molecular weight is 495 g/mol. The third-order valence-corrected chi connectivity index (χ3v) is 6.99. The Kier molecular flexibility index (Phi) is 4.85. The smallest absolute Gasteiger partial charge is 0.137 e. The van der Waals surface area contributed by atoms with Crippen LogP contribution in [0.25, 0.3) is 50.6 Å². The molecule has 1 aliphatic heterocycles. The SMILES string of the molecule is Fc1ccc(Cl)cc1-c1nc2ccccn2c1-c1ccc2ncc(-c3cnc4n3CCCC4)cc2n1. The summed E-state index contributed by atoms with van der Waals surface area (Å²) in [6, 6.07) is 16.1. The monoisotopic (exact) mass is 494 g/mol. The van der Waals surface area contributed by atoms with Gasteiger partial charge in [-0.25, -0.2) is 19.3 Å². The minimum Gasteiger partial charge on any atom is -0.328 e. The molecule has 0 aliphatic carbocycles. The van der Waals surface area contributed by atoms with Crippen LogP contribution in [-0.4, -0.2) is 28.9 Å². The number of imidazole rings is 2. The minimum absolute atomic E-state index is 0.334. The summed E-state index contributed by atoms with van der Waals surface area (Å²) in [5.41, 5.74) is 6.45. The standard InChI is InChI=1S/C28H20ClFN6/c29-18-7-8-20(30)19(14-18)27-28(36-12-4-2-6-26(36)34-27)22-10-9-21-23(33-22)13-17(15-31-21)24-16-32-25-5-1-3-11-35(24)25/h2,4,6-10,12-16H,1,3,5,11H2. The molecule has 6 aromatic rings. The molecule has 8 heteroatoms. The molecule has 7 rings (SSSR count). The highest BCUT2D eigenvalue weighted by atomic mass is 35.5. The van der Waals surface area contributed by atoms with Gasteiger partial charge in [0.05, 0.1) is 34.3 Å². The van der Waals surface area contributed by atoms with Gasteiger partial charge in [0.15, 0.2) is 0 Å². The van der Waals surface area contributed by atoms with Crippen molar-refractivity contribution in [3.8, 4) is 33.9 Å². The number of aryl methyl sites for hydroxylation is 1. The molecule has 0 saturated carbocycles. The third-order valence-electron chi connectivity index (χ3n) is 6.76. The van der Waals surface area contributed by atoms with Gasteiger partial charge in [-0.2, -0.15) is 0 Å². The second kappa shape index (κ2) is 8.24. The first-order valence-corrected chi connectivity index (χ1v) is 12.3. The Bertz CT molecular complexity index is 1790. The van der Waals surface area contributed by atoms with Crippen LogP contribution in [-0.2, 0) is 13.0 Å². The predicted molar refractivity (Wildman–Crippen MR) is 138 cm³/mol. The second-order valence-electron chi connectivity index (χ2n) is 8.99. The number of halogens is 2. The maximum absolute atomic E-state index is 14.9. The topological polar surface area (TPSA) is 60.9 Å². The lowest BCUT2D eigenvalue weighted by molar-refractivity contribution is 0.526. The summed E-state index contributed by atoms with van der Waals surface area (Å²) in [5.74, 6) is 0.733. The van der Waals surface area contributed by atoms with Crippen LogP contribution >= 0.6 is 11.6 Å². The quantitative estimate of drug-likeness (QED) is 0.278. The predicted octanol–water partition coefficient (Wildman–Crippen LogP) is 6.60. The molecule has 0 fully saturated rings. The van der Waals surface area contributed by atoms with Crippen molar-refractivity contribution in [2.45, 2.75) is 25.8 Å². The van der Waals surface area contributed by atoms with Gasteiger partial charge in [0, 0.05) is 41.5 Å². The molecular weight excluding hydrogens is 475 g/mol. The van der Waals surface area contributed by atoms with Crippen molar-refractivity contribution < 1.29 is 4.39 Å². The lowest BCUT2D eigenvalue weighted by atomic mass is 10.1. The molecule has 6 nitrogen and oxygen atoms in total. The van der Waals surface area contributed by atoms with E-state index in [1.54, 1.807) is 6.07 Å². The van der Waals surface area contributed by atoms with E-state index in [9.17, 15) is 4.39 Å². The Hall–Kier alpha value is -4.10. The van der Waals surface area contributed by atoms with E-state index < -0.39 is 0 Å². The normalized spacial score (nSPS) is 13.4. The van der Waals surface area contributed by atoms with Crippen LogP contribution in [0.2, 0.25) is 5.02 Å². The van der Waals surface area contributed by atoms with Gasteiger partial charge < -0.3 is 4.57 Å². The summed E-state index contributed by atoms with van der Waals surface area (Å²) in [7, 11) is 0. The van der Waals surface area contributed by atoms with Crippen LogP contribution < -0.4 is 0 Å². The summed E-state index contributed by atoms with van der Waals surface area (Å²) in [6.45, 7) is 0.965. The first-order chi connectivity index (χ1) is 17.7.